The van der Waals surface area contributed by atoms with Gasteiger partial charge < -0.3 is 5.73 Å². The summed E-state index contributed by atoms with van der Waals surface area (Å²) in [5.74, 6) is -0.412. The summed E-state index contributed by atoms with van der Waals surface area (Å²) in [6.45, 7) is 4.29. The predicted octanol–water partition coefficient (Wildman–Crippen LogP) is 2.19. The van der Waals surface area contributed by atoms with Crippen molar-refractivity contribution in [3.8, 4) is 0 Å². The van der Waals surface area contributed by atoms with Gasteiger partial charge >= 0.3 is 0 Å². The van der Waals surface area contributed by atoms with E-state index < -0.39 is 15.8 Å². The van der Waals surface area contributed by atoms with Crippen LogP contribution in [0.1, 0.15) is 30.4 Å². The molecule has 0 unspecified atom stereocenters. The van der Waals surface area contributed by atoms with Crippen molar-refractivity contribution in [2.75, 3.05) is 20.1 Å². The first-order chi connectivity index (χ1) is 9.30. The second-order valence-electron chi connectivity index (χ2n) is 5.04. The molecule has 20 heavy (non-hydrogen) atoms. The Morgan fingerprint density at radius 1 is 1.15 bits per heavy atom. The number of unbranched alkanes of at least 4 members (excludes halogenated alkanes) is 2. The predicted molar refractivity (Wildman–Crippen MR) is 78.6 cm³/mol. The summed E-state index contributed by atoms with van der Waals surface area (Å²) in [6, 6.07) is 2.50. The van der Waals surface area contributed by atoms with Crippen molar-refractivity contribution in [3.05, 3.63) is 29.1 Å². The van der Waals surface area contributed by atoms with E-state index in [1.54, 1.807) is 20.9 Å². The minimum atomic E-state index is -3.57. The Kier molecular flexibility index (Phi) is 6.10. The third kappa shape index (κ3) is 4.01. The fraction of sp³-hybridized carbons (Fsp3) is 0.571. The number of halogens is 1. The Bertz CT molecular complexity index is 535. The zero-order valence-electron chi connectivity index (χ0n) is 12.3. The molecule has 114 valence electrons. The quantitative estimate of drug-likeness (QED) is 0.785. The second-order valence-corrected chi connectivity index (χ2v) is 7.03. The number of nitrogens with zero attached hydrogens (tertiary/aromatic N) is 1. The highest BCUT2D eigenvalue weighted by Gasteiger charge is 2.24. The van der Waals surface area contributed by atoms with Crippen molar-refractivity contribution in [3.63, 3.8) is 0 Å². The van der Waals surface area contributed by atoms with E-state index >= 15 is 0 Å². The number of hydrogen-bond donors (Lipinski definition) is 1. The van der Waals surface area contributed by atoms with Crippen LogP contribution in [0.2, 0.25) is 0 Å². The largest absolute Gasteiger partial charge is 0.330 e. The summed E-state index contributed by atoms with van der Waals surface area (Å²) in [4.78, 5) is 0.209. The SMILES string of the molecule is Cc1cc(F)cc(C)c1S(=O)(=O)N(C)CCCCCN. The molecule has 0 fully saturated rings. The van der Waals surface area contributed by atoms with E-state index in [4.69, 9.17) is 5.73 Å². The Morgan fingerprint density at radius 2 is 1.70 bits per heavy atom. The maximum atomic E-state index is 13.3. The van der Waals surface area contributed by atoms with Gasteiger partial charge in [0, 0.05) is 13.6 Å². The van der Waals surface area contributed by atoms with Gasteiger partial charge in [-0.1, -0.05) is 6.42 Å². The van der Waals surface area contributed by atoms with Gasteiger partial charge in [-0.05, 0) is 56.5 Å². The zero-order chi connectivity index (χ0) is 15.3. The molecular formula is C14H23FN2O2S. The monoisotopic (exact) mass is 302 g/mol. The van der Waals surface area contributed by atoms with Gasteiger partial charge in [-0.2, -0.15) is 0 Å². The molecule has 0 saturated carbocycles. The molecule has 0 saturated heterocycles. The lowest BCUT2D eigenvalue weighted by molar-refractivity contribution is 0.452. The highest BCUT2D eigenvalue weighted by Crippen LogP contribution is 2.24. The fourth-order valence-electron chi connectivity index (χ4n) is 2.24. The van der Waals surface area contributed by atoms with Crippen molar-refractivity contribution >= 4 is 10.0 Å². The average Bonchev–Trinajstić information content (AvgIpc) is 2.32. The molecule has 0 aliphatic rings. The van der Waals surface area contributed by atoms with Crippen molar-refractivity contribution in [2.24, 2.45) is 5.73 Å². The van der Waals surface area contributed by atoms with Crippen LogP contribution in [0.15, 0.2) is 17.0 Å². The summed E-state index contributed by atoms with van der Waals surface area (Å²) in [5, 5.41) is 0. The van der Waals surface area contributed by atoms with E-state index in [-0.39, 0.29) is 4.90 Å². The van der Waals surface area contributed by atoms with E-state index in [1.807, 2.05) is 0 Å². The second kappa shape index (κ2) is 7.15. The molecule has 0 radical (unpaired) electrons. The molecule has 0 heterocycles. The smallest absolute Gasteiger partial charge is 0.243 e. The minimum absolute atomic E-state index is 0.209. The van der Waals surface area contributed by atoms with Gasteiger partial charge in [0.15, 0.2) is 0 Å². The van der Waals surface area contributed by atoms with Crippen LogP contribution in [0.25, 0.3) is 0 Å². The Morgan fingerprint density at radius 3 is 2.20 bits per heavy atom. The topological polar surface area (TPSA) is 63.4 Å². The lowest BCUT2D eigenvalue weighted by atomic mass is 10.1. The van der Waals surface area contributed by atoms with Crippen LogP contribution < -0.4 is 5.73 Å². The van der Waals surface area contributed by atoms with E-state index in [0.29, 0.717) is 24.2 Å². The Hall–Kier alpha value is -0.980. The molecule has 0 amide bonds. The average molecular weight is 302 g/mol. The number of hydrogen-bond acceptors (Lipinski definition) is 3. The number of sulfonamides is 1. The molecule has 0 bridgehead atoms. The molecule has 0 atom stereocenters. The molecule has 2 N–H and O–H groups in total. The first-order valence-electron chi connectivity index (χ1n) is 6.74. The first-order valence-corrected chi connectivity index (χ1v) is 8.18. The van der Waals surface area contributed by atoms with Gasteiger partial charge in [0.2, 0.25) is 10.0 Å². The van der Waals surface area contributed by atoms with Crippen LogP contribution in [0.3, 0.4) is 0 Å². The number of benzene rings is 1. The third-order valence-electron chi connectivity index (χ3n) is 3.27. The normalized spacial score (nSPS) is 12.1. The van der Waals surface area contributed by atoms with E-state index in [1.165, 1.54) is 16.4 Å². The van der Waals surface area contributed by atoms with Crippen LogP contribution in [-0.4, -0.2) is 32.9 Å². The molecule has 0 aromatic heterocycles. The standard InChI is InChI=1S/C14H23FN2O2S/c1-11-9-13(15)10-12(2)14(11)20(18,19)17(3)8-6-4-5-7-16/h9-10H,4-8,16H2,1-3H3. The Labute approximate surface area is 120 Å². The Balaban J connectivity index is 2.93. The molecule has 4 nitrogen and oxygen atoms in total. The van der Waals surface area contributed by atoms with Gasteiger partial charge in [-0.3, -0.25) is 0 Å². The molecule has 0 aliphatic carbocycles. The van der Waals surface area contributed by atoms with Gasteiger partial charge in [0.05, 0.1) is 4.90 Å². The summed E-state index contributed by atoms with van der Waals surface area (Å²) in [5.41, 5.74) is 6.29. The molecule has 1 aromatic rings. The van der Waals surface area contributed by atoms with Gasteiger partial charge in [0.25, 0.3) is 0 Å². The number of rotatable bonds is 7. The maximum Gasteiger partial charge on any atom is 0.243 e. The lowest BCUT2D eigenvalue weighted by Crippen LogP contribution is -2.29. The molecular weight excluding hydrogens is 279 g/mol. The third-order valence-corrected chi connectivity index (χ3v) is 5.43. The molecule has 6 heteroatoms. The van der Waals surface area contributed by atoms with Gasteiger partial charge in [-0.25, -0.2) is 17.1 Å². The highest BCUT2D eigenvalue weighted by molar-refractivity contribution is 7.89. The van der Waals surface area contributed by atoms with E-state index in [2.05, 4.69) is 0 Å². The van der Waals surface area contributed by atoms with Crippen molar-refractivity contribution in [1.82, 2.24) is 4.31 Å². The van der Waals surface area contributed by atoms with Crippen molar-refractivity contribution in [1.29, 1.82) is 0 Å². The molecule has 0 aliphatic heterocycles. The lowest BCUT2D eigenvalue weighted by Gasteiger charge is -2.20. The molecule has 1 aromatic carbocycles. The summed E-state index contributed by atoms with van der Waals surface area (Å²) < 4.78 is 39.7. The van der Waals surface area contributed by atoms with Crippen LogP contribution in [0.4, 0.5) is 4.39 Å². The molecule has 0 spiro atoms. The van der Waals surface area contributed by atoms with Crippen molar-refractivity contribution < 1.29 is 12.8 Å². The van der Waals surface area contributed by atoms with Crippen LogP contribution in [0, 0.1) is 19.7 Å². The summed E-state index contributed by atoms with van der Waals surface area (Å²) in [7, 11) is -2.01. The van der Waals surface area contributed by atoms with E-state index in [9.17, 15) is 12.8 Å². The van der Waals surface area contributed by atoms with Crippen molar-refractivity contribution in [2.45, 2.75) is 38.0 Å². The highest BCUT2D eigenvalue weighted by atomic mass is 32.2. The molecule has 1 rings (SSSR count). The number of nitrogens with two attached hydrogens (primary N) is 1. The van der Waals surface area contributed by atoms with Gasteiger partial charge in [-0.15, -0.1) is 0 Å². The summed E-state index contributed by atoms with van der Waals surface area (Å²) in [6.07, 6.45) is 2.56. The maximum absolute atomic E-state index is 13.3. The fourth-order valence-corrected chi connectivity index (χ4v) is 3.85. The van der Waals surface area contributed by atoms with Crippen LogP contribution in [0.5, 0.6) is 0 Å². The van der Waals surface area contributed by atoms with E-state index in [0.717, 1.165) is 19.3 Å². The summed E-state index contributed by atoms with van der Waals surface area (Å²) >= 11 is 0. The minimum Gasteiger partial charge on any atom is -0.330 e. The zero-order valence-corrected chi connectivity index (χ0v) is 13.1. The number of aryl methyl sites for hydroxylation is 2. The van der Waals surface area contributed by atoms with Crippen LogP contribution >= 0.6 is 0 Å². The van der Waals surface area contributed by atoms with Crippen LogP contribution in [-0.2, 0) is 10.0 Å². The van der Waals surface area contributed by atoms with Gasteiger partial charge in [0.1, 0.15) is 5.82 Å². The first kappa shape index (κ1) is 17.1.